The number of hydrazone groups is 1. The molecule has 0 radical (unpaired) electrons. The molecule has 0 aliphatic carbocycles. The third-order valence-electron chi connectivity index (χ3n) is 5.46. The molecule has 0 bridgehead atoms. The molecule has 0 aromatic heterocycles. The van der Waals surface area contributed by atoms with Crippen LogP contribution in [0.1, 0.15) is 50.8 Å². The number of benzene rings is 2. The van der Waals surface area contributed by atoms with Crippen molar-refractivity contribution in [2.45, 2.75) is 39.7 Å². The number of ether oxygens (including phenoxy) is 1. The Morgan fingerprint density at radius 2 is 1.79 bits per heavy atom. The predicted molar refractivity (Wildman–Crippen MR) is 126 cm³/mol. The molecular formula is C26H32FN3O3. The van der Waals surface area contributed by atoms with E-state index in [1.807, 2.05) is 51.1 Å². The smallest absolute Gasteiger partial charge is 0.262 e. The molecule has 1 unspecified atom stereocenters. The van der Waals surface area contributed by atoms with Gasteiger partial charge in [0.2, 0.25) is 5.91 Å². The van der Waals surface area contributed by atoms with Crippen molar-refractivity contribution in [3.8, 4) is 0 Å². The summed E-state index contributed by atoms with van der Waals surface area (Å²) in [7, 11) is 1.56. The van der Waals surface area contributed by atoms with Crippen LogP contribution in [0.5, 0.6) is 0 Å². The highest BCUT2D eigenvalue weighted by molar-refractivity contribution is 6.03. The summed E-state index contributed by atoms with van der Waals surface area (Å²) < 4.78 is 19.6. The number of carbonyl (C=O) groups is 2. The average Bonchev–Trinajstić information content (AvgIpc) is 3.21. The Hall–Kier alpha value is -3.06. The number of methoxy groups -OCH3 is 1. The van der Waals surface area contributed by atoms with Gasteiger partial charge in [-0.05, 0) is 17.0 Å². The molecule has 0 N–H and O–H groups in total. The number of rotatable bonds is 8. The highest BCUT2D eigenvalue weighted by Crippen LogP contribution is 2.33. The van der Waals surface area contributed by atoms with Crippen molar-refractivity contribution in [3.05, 3.63) is 71.5 Å². The molecule has 1 aliphatic rings. The summed E-state index contributed by atoms with van der Waals surface area (Å²) in [5.74, 6) is -0.797. The van der Waals surface area contributed by atoms with E-state index in [2.05, 4.69) is 5.10 Å². The van der Waals surface area contributed by atoms with Crippen molar-refractivity contribution >= 4 is 17.5 Å². The van der Waals surface area contributed by atoms with Crippen LogP contribution in [0.2, 0.25) is 0 Å². The lowest BCUT2D eigenvalue weighted by atomic mass is 9.91. The van der Waals surface area contributed by atoms with Crippen molar-refractivity contribution in [3.63, 3.8) is 0 Å². The Labute approximate surface area is 195 Å². The Balaban J connectivity index is 1.88. The van der Waals surface area contributed by atoms with E-state index < -0.39 is 0 Å². The number of hydrogen-bond donors (Lipinski definition) is 0. The van der Waals surface area contributed by atoms with Crippen LogP contribution in [0.15, 0.2) is 59.7 Å². The van der Waals surface area contributed by atoms with Gasteiger partial charge in [-0.25, -0.2) is 9.40 Å². The third kappa shape index (κ3) is 6.48. The molecule has 0 spiro atoms. The summed E-state index contributed by atoms with van der Waals surface area (Å²) in [6.07, 6.45) is 0.709. The van der Waals surface area contributed by atoms with Gasteiger partial charge in [-0.1, -0.05) is 69.3 Å². The lowest BCUT2D eigenvalue weighted by molar-refractivity contribution is -0.143. The van der Waals surface area contributed by atoms with E-state index in [0.29, 0.717) is 37.3 Å². The third-order valence-corrected chi connectivity index (χ3v) is 5.46. The first-order valence-electron chi connectivity index (χ1n) is 11.2. The van der Waals surface area contributed by atoms with Crippen molar-refractivity contribution in [2.75, 3.05) is 26.8 Å². The molecule has 33 heavy (non-hydrogen) atoms. The Bertz CT molecular complexity index is 1000. The quantitative estimate of drug-likeness (QED) is 0.595. The summed E-state index contributed by atoms with van der Waals surface area (Å²) in [5, 5.41) is 5.94. The standard InChI is InChI=1S/C26H32FN3O3/c1-26(2,3)17-24(31)29(14-15-33-4)18-25(32)30-23(19-10-6-5-7-11-19)16-22(28-30)20-12-8-9-13-21(20)27/h5-13,23H,14-18H2,1-4H3. The molecule has 7 heteroatoms. The summed E-state index contributed by atoms with van der Waals surface area (Å²) in [4.78, 5) is 27.9. The van der Waals surface area contributed by atoms with Crippen LogP contribution in [-0.4, -0.2) is 54.2 Å². The molecule has 3 rings (SSSR count). The van der Waals surface area contributed by atoms with E-state index in [1.54, 1.807) is 25.3 Å². The SMILES string of the molecule is COCCN(CC(=O)N1N=C(c2ccccc2F)CC1c1ccccc1)C(=O)CC(C)(C)C. The van der Waals surface area contributed by atoms with Crippen LogP contribution < -0.4 is 0 Å². The first-order valence-corrected chi connectivity index (χ1v) is 11.2. The van der Waals surface area contributed by atoms with Gasteiger partial charge in [-0.3, -0.25) is 9.59 Å². The van der Waals surface area contributed by atoms with Gasteiger partial charge in [0.1, 0.15) is 12.4 Å². The maximum absolute atomic E-state index is 14.5. The second-order valence-electron chi connectivity index (χ2n) is 9.44. The normalized spacial score (nSPS) is 16.0. The van der Waals surface area contributed by atoms with Gasteiger partial charge in [0.15, 0.2) is 0 Å². The average molecular weight is 454 g/mol. The van der Waals surface area contributed by atoms with Crippen molar-refractivity contribution in [1.82, 2.24) is 9.91 Å². The minimum Gasteiger partial charge on any atom is -0.383 e. The first kappa shape index (κ1) is 24.6. The zero-order valence-corrected chi connectivity index (χ0v) is 19.8. The van der Waals surface area contributed by atoms with Crippen molar-refractivity contribution in [1.29, 1.82) is 0 Å². The second-order valence-corrected chi connectivity index (χ2v) is 9.44. The summed E-state index contributed by atoms with van der Waals surface area (Å²) >= 11 is 0. The van der Waals surface area contributed by atoms with Gasteiger partial charge in [0.25, 0.3) is 5.91 Å². The summed E-state index contributed by atoms with van der Waals surface area (Å²) in [6, 6.07) is 15.6. The van der Waals surface area contributed by atoms with E-state index in [1.165, 1.54) is 16.0 Å². The van der Waals surface area contributed by atoms with Crippen LogP contribution in [0.4, 0.5) is 4.39 Å². The highest BCUT2D eigenvalue weighted by Gasteiger charge is 2.35. The van der Waals surface area contributed by atoms with E-state index >= 15 is 0 Å². The molecule has 1 atom stereocenters. The number of halogens is 1. The molecule has 0 saturated carbocycles. The number of amides is 2. The van der Waals surface area contributed by atoms with Gasteiger partial charge in [0.05, 0.1) is 18.4 Å². The van der Waals surface area contributed by atoms with Gasteiger partial charge < -0.3 is 9.64 Å². The van der Waals surface area contributed by atoms with E-state index in [-0.39, 0.29) is 35.6 Å². The number of carbonyl (C=O) groups excluding carboxylic acids is 2. The van der Waals surface area contributed by atoms with Crippen molar-refractivity contribution < 1.29 is 18.7 Å². The van der Waals surface area contributed by atoms with E-state index in [4.69, 9.17) is 4.74 Å². The van der Waals surface area contributed by atoms with Gasteiger partial charge >= 0.3 is 0 Å². The lowest BCUT2D eigenvalue weighted by Crippen LogP contribution is -2.43. The van der Waals surface area contributed by atoms with Crippen LogP contribution >= 0.6 is 0 Å². The maximum atomic E-state index is 14.5. The lowest BCUT2D eigenvalue weighted by Gasteiger charge is -2.29. The molecule has 176 valence electrons. The summed E-state index contributed by atoms with van der Waals surface area (Å²) in [6.45, 7) is 6.48. The fraction of sp³-hybridized carbons (Fsp3) is 0.423. The Kier molecular flexibility index (Phi) is 7.97. The van der Waals surface area contributed by atoms with Crippen LogP contribution in [0, 0.1) is 11.2 Å². The minimum atomic E-state index is -0.376. The molecular weight excluding hydrogens is 421 g/mol. The van der Waals surface area contributed by atoms with Gasteiger partial charge in [-0.2, -0.15) is 5.10 Å². The molecule has 2 aromatic carbocycles. The monoisotopic (exact) mass is 453 g/mol. The fourth-order valence-corrected chi connectivity index (χ4v) is 3.83. The minimum absolute atomic E-state index is 0.110. The Morgan fingerprint density at radius 3 is 2.42 bits per heavy atom. The van der Waals surface area contributed by atoms with Crippen molar-refractivity contribution in [2.24, 2.45) is 10.5 Å². The maximum Gasteiger partial charge on any atom is 0.262 e. The van der Waals surface area contributed by atoms with Crippen LogP contribution in [0.25, 0.3) is 0 Å². The number of hydrogen-bond acceptors (Lipinski definition) is 4. The van der Waals surface area contributed by atoms with E-state index in [0.717, 1.165) is 5.56 Å². The Morgan fingerprint density at radius 1 is 1.12 bits per heavy atom. The van der Waals surface area contributed by atoms with Gasteiger partial charge in [0, 0.05) is 32.1 Å². The van der Waals surface area contributed by atoms with Gasteiger partial charge in [-0.15, -0.1) is 0 Å². The molecule has 6 nitrogen and oxygen atoms in total. The van der Waals surface area contributed by atoms with Crippen LogP contribution in [0.3, 0.4) is 0 Å². The van der Waals surface area contributed by atoms with Crippen LogP contribution in [-0.2, 0) is 14.3 Å². The summed E-state index contributed by atoms with van der Waals surface area (Å²) in [5.41, 5.74) is 1.60. The zero-order chi connectivity index (χ0) is 24.0. The molecule has 0 fully saturated rings. The first-order chi connectivity index (χ1) is 15.7. The predicted octanol–water partition coefficient (Wildman–Crippen LogP) is 4.41. The molecule has 0 saturated heterocycles. The fourth-order valence-electron chi connectivity index (χ4n) is 3.83. The van der Waals surface area contributed by atoms with E-state index in [9.17, 15) is 14.0 Å². The zero-order valence-electron chi connectivity index (χ0n) is 19.8. The topological polar surface area (TPSA) is 62.2 Å². The largest absolute Gasteiger partial charge is 0.383 e. The highest BCUT2D eigenvalue weighted by atomic mass is 19.1. The molecule has 1 heterocycles. The molecule has 2 amide bonds. The molecule has 1 aliphatic heterocycles. The number of nitrogens with zero attached hydrogens (tertiary/aromatic N) is 3. The molecule has 2 aromatic rings. The second kappa shape index (κ2) is 10.7.